The summed E-state index contributed by atoms with van der Waals surface area (Å²) in [6, 6.07) is 8.65. The molecule has 1 amide bonds. The second kappa shape index (κ2) is 9.01. The number of hydrogen-bond acceptors (Lipinski definition) is 6. The number of nitrogens with one attached hydrogen (secondary N) is 2. The van der Waals surface area contributed by atoms with Crippen molar-refractivity contribution >= 4 is 11.6 Å². The van der Waals surface area contributed by atoms with E-state index in [0.717, 1.165) is 5.56 Å². The molecule has 0 atom stereocenters. The van der Waals surface area contributed by atoms with Crippen LogP contribution >= 0.6 is 0 Å². The van der Waals surface area contributed by atoms with E-state index >= 15 is 0 Å². The molecule has 0 unspecified atom stereocenters. The predicted molar refractivity (Wildman–Crippen MR) is 109 cm³/mol. The lowest BCUT2D eigenvalue weighted by molar-refractivity contribution is -0.116. The summed E-state index contributed by atoms with van der Waals surface area (Å²) in [6.07, 6.45) is 3.68. The highest BCUT2D eigenvalue weighted by Gasteiger charge is 2.12. The monoisotopic (exact) mass is 394 g/mol. The number of hydrogen-bond donors (Lipinski definition) is 2. The molecule has 0 fully saturated rings. The number of anilines is 1. The lowest BCUT2D eigenvalue weighted by Gasteiger charge is -2.10. The van der Waals surface area contributed by atoms with Gasteiger partial charge in [0, 0.05) is 59.5 Å². The molecular formula is C21H22N4O4. The van der Waals surface area contributed by atoms with E-state index in [0.29, 0.717) is 34.3 Å². The van der Waals surface area contributed by atoms with Crippen molar-refractivity contribution in [3.8, 4) is 22.9 Å². The molecule has 2 N–H and O–H groups in total. The molecule has 8 nitrogen and oxygen atoms in total. The molecule has 1 aromatic carbocycles. The van der Waals surface area contributed by atoms with Crippen LogP contribution in [0, 0.1) is 6.92 Å². The molecule has 3 rings (SSSR count). The summed E-state index contributed by atoms with van der Waals surface area (Å²) >= 11 is 0. The Balaban J connectivity index is 1.70. The summed E-state index contributed by atoms with van der Waals surface area (Å²) in [5, 5.41) is 2.80. The van der Waals surface area contributed by atoms with E-state index in [4.69, 9.17) is 9.47 Å². The van der Waals surface area contributed by atoms with E-state index < -0.39 is 0 Å². The molecule has 150 valence electrons. The number of carbonyl (C=O) groups excluding carboxylic acids is 1. The Morgan fingerprint density at radius 1 is 1.10 bits per heavy atom. The van der Waals surface area contributed by atoms with Crippen LogP contribution in [0.3, 0.4) is 0 Å². The quantitative estimate of drug-likeness (QED) is 0.638. The number of nitrogens with zero attached hydrogens (tertiary/aromatic N) is 2. The topological polar surface area (TPSA) is 106 Å². The van der Waals surface area contributed by atoms with Crippen molar-refractivity contribution in [2.45, 2.75) is 19.8 Å². The molecule has 0 aliphatic heterocycles. The minimum absolute atomic E-state index is 0.139. The Hall–Kier alpha value is -3.68. The number of ether oxygens (including phenoxy) is 2. The van der Waals surface area contributed by atoms with Gasteiger partial charge in [0.05, 0.1) is 14.2 Å². The SMILES string of the molecule is COc1cc(NC(=O)CCc2c(C)nc(-c3ccncc3)[nH]c2=O)cc(OC)c1. The number of carbonyl (C=O) groups is 1. The summed E-state index contributed by atoms with van der Waals surface area (Å²) in [7, 11) is 3.08. The van der Waals surface area contributed by atoms with E-state index in [1.54, 1.807) is 49.6 Å². The minimum atomic E-state index is -0.250. The predicted octanol–water partition coefficient (Wildman–Crippen LogP) is 2.73. The van der Waals surface area contributed by atoms with E-state index in [1.165, 1.54) is 14.2 Å². The Labute approximate surface area is 167 Å². The fourth-order valence-electron chi connectivity index (χ4n) is 2.89. The number of rotatable bonds is 7. The first-order valence-electron chi connectivity index (χ1n) is 9.03. The van der Waals surface area contributed by atoms with Crippen molar-refractivity contribution in [3.05, 3.63) is 64.3 Å². The smallest absolute Gasteiger partial charge is 0.254 e. The Morgan fingerprint density at radius 3 is 2.34 bits per heavy atom. The molecule has 0 spiro atoms. The number of aromatic nitrogens is 3. The zero-order valence-corrected chi connectivity index (χ0v) is 16.5. The molecule has 0 saturated heterocycles. The van der Waals surface area contributed by atoms with Crippen LogP contribution in [-0.2, 0) is 11.2 Å². The standard InChI is InChI=1S/C21H22N4O4/c1-13-18(21(27)25-20(23-13)14-6-8-22-9-7-14)4-5-19(26)24-15-10-16(28-2)12-17(11-15)29-3/h6-12H,4-5H2,1-3H3,(H,24,26)(H,23,25,27). The first kappa shape index (κ1) is 20.1. The molecule has 8 heteroatoms. The highest BCUT2D eigenvalue weighted by Crippen LogP contribution is 2.26. The maximum Gasteiger partial charge on any atom is 0.254 e. The summed E-state index contributed by atoms with van der Waals surface area (Å²) in [6.45, 7) is 1.76. The van der Waals surface area contributed by atoms with Gasteiger partial charge in [0.15, 0.2) is 0 Å². The van der Waals surface area contributed by atoms with Crippen LogP contribution in [0.2, 0.25) is 0 Å². The first-order chi connectivity index (χ1) is 14.0. The fraction of sp³-hybridized carbons (Fsp3) is 0.238. The molecule has 0 bridgehead atoms. The van der Waals surface area contributed by atoms with Gasteiger partial charge < -0.3 is 19.8 Å². The molecule has 2 aromatic heterocycles. The second-order valence-corrected chi connectivity index (χ2v) is 6.36. The van der Waals surface area contributed by atoms with E-state index in [-0.39, 0.29) is 24.3 Å². The van der Waals surface area contributed by atoms with E-state index in [1.807, 2.05) is 0 Å². The number of amides is 1. The fourth-order valence-corrected chi connectivity index (χ4v) is 2.89. The third kappa shape index (κ3) is 4.98. The summed E-state index contributed by atoms with van der Waals surface area (Å²) in [5.41, 5.74) is 2.16. The molecule has 0 radical (unpaired) electrons. The highest BCUT2D eigenvalue weighted by molar-refractivity contribution is 5.91. The van der Waals surface area contributed by atoms with Crippen molar-refractivity contribution in [2.24, 2.45) is 0 Å². The zero-order chi connectivity index (χ0) is 20.8. The molecular weight excluding hydrogens is 372 g/mol. The molecule has 29 heavy (non-hydrogen) atoms. The molecule has 0 aliphatic rings. The minimum Gasteiger partial charge on any atom is -0.497 e. The number of pyridine rings is 1. The second-order valence-electron chi connectivity index (χ2n) is 6.36. The maximum atomic E-state index is 12.5. The summed E-state index contributed by atoms with van der Waals surface area (Å²) in [5.74, 6) is 1.40. The summed E-state index contributed by atoms with van der Waals surface area (Å²) < 4.78 is 10.4. The van der Waals surface area contributed by atoms with Crippen molar-refractivity contribution in [1.82, 2.24) is 15.0 Å². The van der Waals surface area contributed by atoms with Crippen molar-refractivity contribution in [2.75, 3.05) is 19.5 Å². The maximum absolute atomic E-state index is 12.5. The average molecular weight is 394 g/mol. The lowest BCUT2D eigenvalue weighted by atomic mass is 10.1. The van der Waals surface area contributed by atoms with Crippen molar-refractivity contribution in [1.29, 1.82) is 0 Å². The normalized spacial score (nSPS) is 10.4. The Bertz CT molecular complexity index is 1040. The highest BCUT2D eigenvalue weighted by atomic mass is 16.5. The van der Waals surface area contributed by atoms with E-state index in [9.17, 15) is 9.59 Å². The number of benzene rings is 1. The van der Waals surface area contributed by atoms with Gasteiger partial charge >= 0.3 is 0 Å². The van der Waals surface area contributed by atoms with Gasteiger partial charge in [0.25, 0.3) is 5.56 Å². The van der Waals surface area contributed by atoms with Gasteiger partial charge in [-0.25, -0.2) is 4.98 Å². The van der Waals surface area contributed by atoms with Crippen LogP contribution in [0.25, 0.3) is 11.4 Å². The Kier molecular flexibility index (Phi) is 6.23. The zero-order valence-electron chi connectivity index (χ0n) is 16.5. The van der Waals surface area contributed by atoms with Crippen molar-refractivity contribution in [3.63, 3.8) is 0 Å². The van der Waals surface area contributed by atoms with Gasteiger partial charge in [0.2, 0.25) is 5.91 Å². The average Bonchev–Trinajstić information content (AvgIpc) is 2.73. The van der Waals surface area contributed by atoms with Gasteiger partial charge in [-0.15, -0.1) is 0 Å². The number of aromatic amines is 1. The van der Waals surface area contributed by atoms with Crippen LogP contribution in [-0.4, -0.2) is 35.1 Å². The van der Waals surface area contributed by atoms with Crippen LogP contribution in [0.5, 0.6) is 11.5 Å². The number of H-pyrrole nitrogens is 1. The summed E-state index contributed by atoms with van der Waals surface area (Å²) in [4.78, 5) is 36.1. The van der Waals surface area contributed by atoms with Crippen LogP contribution in [0.1, 0.15) is 17.7 Å². The number of methoxy groups -OCH3 is 2. The van der Waals surface area contributed by atoms with E-state index in [2.05, 4.69) is 20.3 Å². The largest absolute Gasteiger partial charge is 0.497 e. The van der Waals surface area contributed by atoms with Crippen LogP contribution in [0.4, 0.5) is 5.69 Å². The van der Waals surface area contributed by atoms with Gasteiger partial charge in [-0.1, -0.05) is 0 Å². The Morgan fingerprint density at radius 2 is 1.76 bits per heavy atom. The number of aryl methyl sites for hydroxylation is 1. The molecule has 0 saturated carbocycles. The molecule has 3 aromatic rings. The van der Waals surface area contributed by atoms with Crippen molar-refractivity contribution < 1.29 is 14.3 Å². The van der Waals surface area contributed by atoms with Crippen LogP contribution < -0.4 is 20.3 Å². The van der Waals surface area contributed by atoms with Crippen LogP contribution in [0.15, 0.2) is 47.5 Å². The molecule has 0 aliphatic carbocycles. The first-order valence-corrected chi connectivity index (χ1v) is 9.03. The van der Waals surface area contributed by atoms with Gasteiger partial charge in [-0.2, -0.15) is 0 Å². The van der Waals surface area contributed by atoms with Gasteiger partial charge in [-0.3, -0.25) is 14.6 Å². The van der Waals surface area contributed by atoms with Gasteiger partial charge in [-0.05, 0) is 25.5 Å². The third-order valence-electron chi connectivity index (χ3n) is 4.41. The van der Waals surface area contributed by atoms with Gasteiger partial charge in [0.1, 0.15) is 17.3 Å². The lowest BCUT2D eigenvalue weighted by Crippen LogP contribution is -2.20. The molecule has 2 heterocycles. The third-order valence-corrected chi connectivity index (χ3v) is 4.41.